The molecule has 0 amide bonds. The first-order chi connectivity index (χ1) is 10.00. The molecule has 0 saturated carbocycles. The van der Waals surface area contributed by atoms with Crippen LogP contribution in [0.3, 0.4) is 0 Å². The summed E-state index contributed by atoms with van der Waals surface area (Å²) in [6.45, 7) is 2.54. The average molecular weight is 342 g/mol. The first kappa shape index (κ1) is 15.0. The number of sulfonamides is 1. The molecule has 112 valence electrons. The second-order valence-electron chi connectivity index (χ2n) is 5.22. The van der Waals surface area contributed by atoms with Gasteiger partial charge >= 0.3 is 0 Å². The number of halogens is 1. The molecular formula is C15H16ClNO2S2. The molecule has 2 atom stereocenters. The van der Waals surface area contributed by atoms with E-state index in [1.807, 2.05) is 25.1 Å². The van der Waals surface area contributed by atoms with Gasteiger partial charge in [0.1, 0.15) is 4.21 Å². The van der Waals surface area contributed by atoms with Crippen molar-refractivity contribution in [1.82, 2.24) is 4.31 Å². The number of thiophene rings is 1. The molecule has 2 unspecified atom stereocenters. The van der Waals surface area contributed by atoms with Crippen molar-refractivity contribution in [1.29, 1.82) is 0 Å². The molecular weight excluding hydrogens is 326 g/mol. The molecule has 1 aromatic carbocycles. The molecule has 1 aliphatic rings. The maximum absolute atomic E-state index is 12.7. The second kappa shape index (κ2) is 5.72. The lowest BCUT2D eigenvalue weighted by atomic mass is 9.93. The molecule has 3 nitrogen and oxygen atoms in total. The van der Waals surface area contributed by atoms with Crippen LogP contribution in [0.4, 0.5) is 0 Å². The highest BCUT2D eigenvalue weighted by molar-refractivity contribution is 7.91. The number of rotatable bonds is 3. The highest BCUT2D eigenvalue weighted by atomic mass is 35.5. The molecule has 2 heterocycles. The van der Waals surface area contributed by atoms with Crippen molar-refractivity contribution in [3.05, 3.63) is 52.4 Å². The molecule has 0 aliphatic carbocycles. The summed E-state index contributed by atoms with van der Waals surface area (Å²) < 4.78 is 27.9. The van der Waals surface area contributed by atoms with Gasteiger partial charge in [0.2, 0.25) is 0 Å². The smallest absolute Gasteiger partial charge is 0.206 e. The summed E-state index contributed by atoms with van der Waals surface area (Å²) in [4.78, 5) is 0. The van der Waals surface area contributed by atoms with E-state index in [9.17, 15) is 8.42 Å². The van der Waals surface area contributed by atoms with Crippen molar-refractivity contribution in [3.63, 3.8) is 0 Å². The number of nitrogens with zero attached hydrogens (tertiary/aromatic N) is 1. The van der Waals surface area contributed by atoms with Crippen LogP contribution in [0.15, 0.2) is 46.7 Å². The predicted octanol–water partition coefficient (Wildman–Crippen LogP) is 3.97. The van der Waals surface area contributed by atoms with E-state index in [1.165, 1.54) is 5.56 Å². The Morgan fingerprint density at radius 3 is 2.52 bits per heavy atom. The van der Waals surface area contributed by atoms with E-state index in [0.717, 1.165) is 17.8 Å². The van der Waals surface area contributed by atoms with Crippen molar-refractivity contribution < 1.29 is 8.42 Å². The highest BCUT2D eigenvalue weighted by Gasteiger charge is 2.39. The molecule has 3 rings (SSSR count). The normalized spacial score (nSPS) is 23.5. The Kier molecular flexibility index (Phi) is 4.10. The third kappa shape index (κ3) is 2.75. The van der Waals surface area contributed by atoms with Crippen molar-refractivity contribution in [2.24, 2.45) is 0 Å². The summed E-state index contributed by atoms with van der Waals surface area (Å²) in [6.07, 6.45) is 0.851. The fourth-order valence-electron chi connectivity index (χ4n) is 2.95. The maximum atomic E-state index is 12.7. The predicted molar refractivity (Wildman–Crippen MR) is 86.5 cm³/mol. The zero-order chi connectivity index (χ0) is 15.0. The SMILES string of the molecule is CC1C(c2ccccc2)CCN1S(=O)(=O)c1ccc(Cl)s1. The van der Waals surface area contributed by atoms with Gasteiger partial charge in [-0.3, -0.25) is 0 Å². The van der Waals surface area contributed by atoms with Gasteiger partial charge in [-0.25, -0.2) is 8.42 Å². The zero-order valence-electron chi connectivity index (χ0n) is 11.6. The summed E-state index contributed by atoms with van der Waals surface area (Å²) in [5.74, 6) is 0.247. The van der Waals surface area contributed by atoms with E-state index in [2.05, 4.69) is 12.1 Å². The van der Waals surface area contributed by atoms with Crippen molar-refractivity contribution in [3.8, 4) is 0 Å². The van der Waals surface area contributed by atoms with E-state index >= 15 is 0 Å². The van der Waals surface area contributed by atoms with Gasteiger partial charge in [-0.05, 0) is 31.0 Å². The van der Waals surface area contributed by atoms with Crippen molar-refractivity contribution >= 4 is 33.0 Å². The van der Waals surface area contributed by atoms with Gasteiger partial charge in [0.15, 0.2) is 0 Å². The Bertz CT molecular complexity index is 727. The lowest BCUT2D eigenvalue weighted by molar-refractivity contribution is 0.394. The topological polar surface area (TPSA) is 37.4 Å². The van der Waals surface area contributed by atoms with Crippen molar-refractivity contribution in [2.75, 3.05) is 6.54 Å². The van der Waals surface area contributed by atoms with Gasteiger partial charge in [-0.15, -0.1) is 11.3 Å². The molecule has 1 aromatic heterocycles. The van der Waals surface area contributed by atoms with Crippen LogP contribution in [0.5, 0.6) is 0 Å². The van der Waals surface area contributed by atoms with Gasteiger partial charge in [0.25, 0.3) is 10.0 Å². The van der Waals surface area contributed by atoms with E-state index in [-0.39, 0.29) is 12.0 Å². The van der Waals surface area contributed by atoms with Gasteiger partial charge in [0.05, 0.1) is 4.34 Å². The molecule has 0 radical (unpaired) electrons. The van der Waals surface area contributed by atoms with Crippen LogP contribution in [0.1, 0.15) is 24.8 Å². The maximum Gasteiger partial charge on any atom is 0.252 e. The van der Waals surface area contributed by atoms with Crippen molar-refractivity contribution in [2.45, 2.75) is 29.5 Å². The molecule has 0 N–H and O–H groups in total. The fourth-order valence-corrected chi connectivity index (χ4v) is 6.24. The van der Waals surface area contributed by atoms with E-state index in [0.29, 0.717) is 15.1 Å². The minimum atomic E-state index is -3.44. The fraction of sp³-hybridized carbons (Fsp3) is 0.333. The molecule has 21 heavy (non-hydrogen) atoms. The van der Waals surface area contributed by atoms with Gasteiger partial charge in [-0.2, -0.15) is 4.31 Å². The summed E-state index contributed by atoms with van der Waals surface area (Å²) in [5.41, 5.74) is 1.20. The lowest BCUT2D eigenvalue weighted by Crippen LogP contribution is -2.35. The Morgan fingerprint density at radius 2 is 1.90 bits per heavy atom. The Balaban J connectivity index is 1.88. The van der Waals surface area contributed by atoms with Gasteiger partial charge in [-0.1, -0.05) is 41.9 Å². The molecule has 6 heteroatoms. The first-order valence-corrected chi connectivity index (χ1v) is 9.46. The molecule has 0 bridgehead atoms. The van der Waals surface area contributed by atoms with Crippen LogP contribution >= 0.6 is 22.9 Å². The van der Waals surface area contributed by atoms with Crippen LogP contribution < -0.4 is 0 Å². The van der Waals surface area contributed by atoms with Crippen LogP contribution in [-0.4, -0.2) is 25.3 Å². The molecule has 1 aliphatic heterocycles. The first-order valence-electron chi connectivity index (χ1n) is 6.82. The lowest BCUT2D eigenvalue weighted by Gasteiger charge is -2.23. The van der Waals surface area contributed by atoms with Crippen LogP contribution in [-0.2, 0) is 10.0 Å². The second-order valence-corrected chi connectivity index (χ2v) is 9.05. The van der Waals surface area contributed by atoms with Crippen LogP contribution in [0.25, 0.3) is 0 Å². The van der Waals surface area contributed by atoms with Gasteiger partial charge < -0.3 is 0 Å². The van der Waals surface area contributed by atoms with Crippen LogP contribution in [0.2, 0.25) is 4.34 Å². The average Bonchev–Trinajstić information content (AvgIpc) is 3.06. The summed E-state index contributed by atoms with van der Waals surface area (Å²) in [6, 6.07) is 13.3. The van der Waals surface area contributed by atoms with E-state index < -0.39 is 10.0 Å². The summed E-state index contributed by atoms with van der Waals surface area (Å²) >= 11 is 6.99. The summed E-state index contributed by atoms with van der Waals surface area (Å²) in [5, 5.41) is 0. The number of hydrogen-bond acceptors (Lipinski definition) is 3. The minimum absolute atomic E-state index is 0.0433. The third-order valence-electron chi connectivity index (χ3n) is 4.04. The monoisotopic (exact) mass is 341 g/mol. The summed E-state index contributed by atoms with van der Waals surface area (Å²) in [7, 11) is -3.44. The molecule has 1 fully saturated rings. The van der Waals surface area contributed by atoms with E-state index in [4.69, 9.17) is 11.6 Å². The minimum Gasteiger partial charge on any atom is -0.206 e. The Labute approximate surface area is 134 Å². The number of hydrogen-bond donors (Lipinski definition) is 0. The van der Waals surface area contributed by atoms with E-state index in [1.54, 1.807) is 16.4 Å². The number of benzene rings is 1. The van der Waals surface area contributed by atoms with Gasteiger partial charge in [0, 0.05) is 18.5 Å². The highest BCUT2D eigenvalue weighted by Crippen LogP contribution is 2.38. The Morgan fingerprint density at radius 1 is 1.19 bits per heavy atom. The largest absolute Gasteiger partial charge is 0.252 e. The Hall–Kier alpha value is -0.880. The molecule has 1 saturated heterocycles. The molecule has 0 spiro atoms. The zero-order valence-corrected chi connectivity index (χ0v) is 14.0. The molecule has 2 aromatic rings. The van der Waals surface area contributed by atoms with Crippen LogP contribution in [0, 0.1) is 0 Å². The standard InChI is InChI=1S/C15H16ClNO2S2/c1-11-13(12-5-3-2-4-6-12)9-10-17(11)21(18,19)15-8-7-14(16)20-15/h2-8,11,13H,9-10H2,1H3. The third-order valence-corrected chi connectivity index (χ3v) is 7.72. The quantitative estimate of drug-likeness (QED) is 0.847.